The van der Waals surface area contributed by atoms with Crippen LogP contribution in [-0.4, -0.2) is 54.3 Å². The molecule has 2 amide bonds. The highest BCUT2D eigenvalue weighted by atomic mass is 16.6. The first-order valence-electron chi connectivity index (χ1n) is 5.77. The maximum atomic E-state index is 11.8. The van der Waals surface area contributed by atoms with E-state index in [1.54, 1.807) is 5.01 Å². The second-order valence-corrected chi connectivity index (χ2v) is 4.11. The molecule has 2 aliphatic heterocycles. The number of ether oxygens (including phenoxy) is 2. The lowest BCUT2D eigenvalue weighted by Gasteiger charge is -2.29. The summed E-state index contributed by atoms with van der Waals surface area (Å²) in [6.07, 6.45) is 0.719. The fourth-order valence-electron chi connectivity index (χ4n) is 1.89. The van der Waals surface area contributed by atoms with E-state index in [4.69, 9.17) is 0 Å². The average molecular weight is 257 g/mol. The molecule has 18 heavy (non-hydrogen) atoms. The smallest absolute Gasteiger partial charge is 0.434 e. The molecule has 0 saturated carbocycles. The molecule has 2 heterocycles. The van der Waals surface area contributed by atoms with Crippen LogP contribution in [0.4, 0.5) is 4.79 Å². The molecule has 0 aliphatic carbocycles. The van der Waals surface area contributed by atoms with E-state index in [1.807, 2.05) is 0 Å². The van der Waals surface area contributed by atoms with Gasteiger partial charge in [0.2, 0.25) is 0 Å². The van der Waals surface area contributed by atoms with Gasteiger partial charge < -0.3 is 9.47 Å². The van der Waals surface area contributed by atoms with Crippen LogP contribution in [0.15, 0.2) is 0 Å². The summed E-state index contributed by atoms with van der Waals surface area (Å²) >= 11 is 0. The fourth-order valence-corrected chi connectivity index (χ4v) is 1.89. The molecule has 2 saturated heterocycles. The zero-order valence-electron chi connectivity index (χ0n) is 10.0. The topological polar surface area (TPSA) is 88.2 Å². The van der Waals surface area contributed by atoms with Gasteiger partial charge in [0.1, 0.15) is 0 Å². The van der Waals surface area contributed by atoms with Crippen molar-refractivity contribution in [3.8, 4) is 0 Å². The quantitative estimate of drug-likeness (QED) is 0.534. The minimum atomic E-state index is -1.50. The number of imide groups is 1. The van der Waals surface area contributed by atoms with Crippen LogP contribution in [-0.2, 0) is 19.1 Å². The summed E-state index contributed by atoms with van der Waals surface area (Å²) in [5, 5.41) is 2.47. The number of carbonyl (C=O) groups excluding carboxylic acids is 3. The van der Waals surface area contributed by atoms with Gasteiger partial charge in [-0.1, -0.05) is 6.42 Å². The van der Waals surface area contributed by atoms with Crippen molar-refractivity contribution in [3.05, 3.63) is 0 Å². The summed E-state index contributed by atoms with van der Waals surface area (Å²) in [4.78, 5) is 34.5. The summed E-state index contributed by atoms with van der Waals surface area (Å²) in [6.45, 7) is 1.47. The van der Waals surface area contributed by atoms with Crippen LogP contribution in [0.3, 0.4) is 0 Å². The Morgan fingerprint density at radius 1 is 1.33 bits per heavy atom. The lowest BCUT2D eigenvalue weighted by molar-refractivity contribution is -0.154. The van der Waals surface area contributed by atoms with Crippen molar-refractivity contribution in [3.63, 3.8) is 0 Å². The van der Waals surface area contributed by atoms with Gasteiger partial charge in [0, 0.05) is 13.1 Å². The number of rotatable bonds is 3. The molecule has 2 rings (SSSR count). The van der Waals surface area contributed by atoms with E-state index in [9.17, 15) is 14.4 Å². The van der Waals surface area contributed by atoms with Crippen molar-refractivity contribution in [1.82, 2.24) is 15.6 Å². The Balaban J connectivity index is 1.98. The van der Waals surface area contributed by atoms with Gasteiger partial charge in [-0.2, -0.15) is 10.5 Å². The predicted molar refractivity (Wildman–Crippen MR) is 57.7 cm³/mol. The molecule has 2 aliphatic rings. The second kappa shape index (κ2) is 5.32. The maximum absolute atomic E-state index is 11.8. The molecule has 2 fully saturated rings. The van der Waals surface area contributed by atoms with Gasteiger partial charge in [-0.15, -0.1) is 0 Å². The zero-order valence-corrected chi connectivity index (χ0v) is 10.0. The van der Waals surface area contributed by atoms with E-state index >= 15 is 0 Å². The minimum absolute atomic E-state index is 0.715. The number of amides is 2. The molecular formula is C10H15N3O5. The Labute approximate surface area is 104 Å². The standard InChI is InChI=1S/C10H15N3O5/c1-17-9(15)7-8(14)13(10(16)18-7)11-12-5-3-2-4-6-12/h7,11H,2-6H2,1H3. The molecule has 1 atom stereocenters. The Bertz CT molecular complexity index is 367. The van der Waals surface area contributed by atoms with Crippen LogP contribution in [0, 0.1) is 0 Å². The second-order valence-electron chi connectivity index (χ2n) is 4.11. The highest BCUT2D eigenvalue weighted by Gasteiger charge is 2.47. The van der Waals surface area contributed by atoms with Crippen LogP contribution in [0.2, 0.25) is 0 Å². The number of cyclic esters (lactones) is 1. The van der Waals surface area contributed by atoms with Crippen LogP contribution >= 0.6 is 0 Å². The molecular weight excluding hydrogens is 242 g/mol. The first-order chi connectivity index (χ1) is 8.63. The number of nitrogens with zero attached hydrogens (tertiary/aromatic N) is 2. The monoisotopic (exact) mass is 257 g/mol. The van der Waals surface area contributed by atoms with Crippen molar-refractivity contribution in [2.45, 2.75) is 25.4 Å². The molecule has 1 unspecified atom stereocenters. The van der Waals surface area contributed by atoms with Crippen molar-refractivity contribution in [2.75, 3.05) is 20.2 Å². The molecule has 0 aromatic rings. The number of carbonyl (C=O) groups is 3. The molecule has 0 aromatic carbocycles. The zero-order chi connectivity index (χ0) is 13.1. The van der Waals surface area contributed by atoms with E-state index in [1.165, 1.54) is 0 Å². The SMILES string of the molecule is COC(=O)C1OC(=O)N(NN2CCCCC2)C1=O. The van der Waals surface area contributed by atoms with Gasteiger partial charge in [-0.3, -0.25) is 4.79 Å². The summed E-state index contributed by atoms with van der Waals surface area (Å²) in [7, 11) is 1.13. The van der Waals surface area contributed by atoms with E-state index in [-0.39, 0.29) is 0 Å². The third kappa shape index (κ3) is 2.44. The molecule has 100 valence electrons. The summed E-state index contributed by atoms with van der Waals surface area (Å²) in [5.74, 6) is -1.63. The maximum Gasteiger partial charge on any atom is 0.434 e. The average Bonchev–Trinajstić information content (AvgIpc) is 2.67. The van der Waals surface area contributed by atoms with Crippen LogP contribution in [0.25, 0.3) is 0 Å². The van der Waals surface area contributed by atoms with Crippen molar-refractivity contribution in [1.29, 1.82) is 0 Å². The third-order valence-corrected chi connectivity index (χ3v) is 2.86. The van der Waals surface area contributed by atoms with Gasteiger partial charge in [0.15, 0.2) is 0 Å². The van der Waals surface area contributed by atoms with Gasteiger partial charge >= 0.3 is 18.0 Å². The lowest BCUT2D eigenvalue weighted by Crippen LogP contribution is -2.54. The van der Waals surface area contributed by atoms with Gasteiger partial charge in [-0.05, 0) is 12.8 Å². The molecule has 0 radical (unpaired) electrons. The molecule has 8 heteroatoms. The Hall–Kier alpha value is -1.67. The Morgan fingerprint density at radius 3 is 2.61 bits per heavy atom. The Morgan fingerprint density at radius 2 is 2.00 bits per heavy atom. The van der Waals surface area contributed by atoms with Crippen LogP contribution < -0.4 is 5.53 Å². The third-order valence-electron chi connectivity index (χ3n) is 2.86. The number of esters is 1. The van der Waals surface area contributed by atoms with E-state index in [2.05, 4.69) is 15.0 Å². The number of nitrogens with one attached hydrogen (secondary N) is 1. The summed E-state index contributed by atoms with van der Waals surface area (Å²) < 4.78 is 9.04. The highest BCUT2D eigenvalue weighted by molar-refractivity contribution is 6.10. The predicted octanol–water partition coefficient (Wildman–Crippen LogP) is -0.588. The molecule has 0 bridgehead atoms. The normalized spacial score (nSPS) is 25.2. The minimum Gasteiger partial charge on any atom is -0.466 e. The first kappa shape index (κ1) is 12.8. The molecule has 1 N–H and O–H groups in total. The summed E-state index contributed by atoms with van der Waals surface area (Å²) in [6, 6.07) is 0. The number of hydrogen-bond acceptors (Lipinski definition) is 7. The number of methoxy groups -OCH3 is 1. The van der Waals surface area contributed by atoms with E-state index < -0.39 is 24.1 Å². The van der Waals surface area contributed by atoms with Gasteiger partial charge in [0.25, 0.3) is 6.10 Å². The van der Waals surface area contributed by atoms with Crippen LogP contribution in [0.5, 0.6) is 0 Å². The van der Waals surface area contributed by atoms with E-state index in [0.717, 1.165) is 39.5 Å². The van der Waals surface area contributed by atoms with Crippen molar-refractivity contribution >= 4 is 18.0 Å². The van der Waals surface area contributed by atoms with Crippen molar-refractivity contribution in [2.24, 2.45) is 0 Å². The first-order valence-corrected chi connectivity index (χ1v) is 5.77. The van der Waals surface area contributed by atoms with Gasteiger partial charge in [-0.25, -0.2) is 14.6 Å². The lowest BCUT2D eigenvalue weighted by atomic mass is 10.2. The number of hydrazine groups is 2. The van der Waals surface area contributed by atoms with E-state index in [0.29, 0.717) is 5.01 Å². The fraction of sp³-hybridized carbons (Fsp3) is 0.700. The number of hydrogen-bond donors (Lipinski definition) is 1. The molecule has 0 aromatic heterocycles. The number of piperidine rings is 1. The van der Waals surface area contributed by atoms with Gasteiger partial charge in [0.05, 0.1) is 7.11 Å². The Kier molecular flexibility index (Phi) is 3.78. The summed E-state index contributed by atoms with van der Waals surface area (Å²) in [5.41, 5.74) is 2.66. The van der Waals surface area contributed by atoms with Crippen LogP contribution in [0.1, 0.15) is 19.3 Å². The largest absolute Gasteiger partial charge is 0.466 e. The van der Waals surface area contributed by atoms with Crippen molar-refractivity contribution < 1.29 is 23.9 Å². The highest BCUT2D eigenvalue weighted by Crippen LogP contribution is 2.14. The molecule has 0 spiro atoms. The molecule has 8 nitrogen and oxygen atoms in total.